The van der Waals surface area contributed by atoms with E-state index >= 15 is 0 Å². The molecule has 1 amide bonds. The molecule has 0 spiro atoms. The number of nitrogens with zero attached hydrogens (tertiary/aromatic N) is 3. The summed E-state index contributed by atoms with van der Waals surface area (Å²) >= 11 is 5.92. The Kier molecular flexibility index (Phi) is 6.04. The van der Waals surface area contributed by atoms with E-state index in [0.717, 1.165) is 11.1 Å². The molecule has 0 aliphatic carbocycles. The molecule has 0 aliphatic heterocycles. The van der Waals surface area contributed by atoms with Gasteiger partial charge in [-0.2, -0.15) is 5.10 Å². The molecule has 4 rings (SSSR count). The Bertz CT molecular complexity index is 1180. The number of aryl methyl sites for hydroxylation is 2. The molecule has 31 heavy (non-hydrogen) atoms. The topological polar surface area (TPSA) is 82.2 Å². The predicted octanol–water partition coefficient (Wildman–Crippen LogP) is 5.02. The molecule has 7 nitrogen and oxygen atoms in total. The Morgan fingerprint density at radius 1 is 1.10 bits per heavy atom. The largest absolute Gasteiger partial charge is 0.489 e. The average molecular weight is 437 g/mol. The summed E-state index contributed by atoms with van der Waals surface area (Å²) in [6, 6.07) is 16.9. The molecule has 0 fully saturated rings. The summed E-state index contributed by atoms with van der Waals surface area (Å²) < 4.78 is 12.8. The summed E-state index contributed by atoms with van der Waals surface area (Å²) in [5.74, 6) is 1.25. The molecule has 0 saturated carbocycles. The molecule has 4 aromatic rings. The van der Waals surface area contributed by atoms with Crippen LogP contribution in [0.3, 0.4) is 0 Å². The average Bonchev–Trinajstić information content (AvgIpc) is 3.35. The van der Waals surface area contributed by atoms with Crippen molar-refractivity contribution in [3.63, 3.8) is 0 Å². The third-order valence-electron chi connectivity index (χ3n) is 4.74. The van der Waals surface area contributed by atoms with Gasteiger partial charge >= 0.3 is 0 Å². The maximum Gasteiger partial charge on any atom is 0.279 e. The molecule has 1 N–H and O–H groups in total. The van der Waals surface area contributed by atoms with E-state index < -0.39 is 5.91 Å². The van der Waals surface area contributed by atoms with Gasteiger partial charge in [-0.15, -0.1) is 0 Å². The first-order chi connectivity index (χ1) is 15.0. The van der Waals surface area contributed by atoms with Gasteiger partial charge in [0, 0.05) is 17.3 Å². The normalized spacial score (nSPS) is 10.8. The van der Waals surface area contributed by atoms with Gasteiger partial charge in [-0.25, -0.2) is 0 Å². The first kappa shape index (κ1) is 20.7. The van der Waals surface area contributed by atoms with E-state index in [1.807, 2.05) is 55.5 Å². The van der Waals surface area contributed by atoms with Crippen LogP contribution in [-0.2, 0) is 13.2 Å². The minimum atomic E-state index is -0.406. The highest BCUT2D eigenvalue weighted by molar-refractivity contribution is 6.30. The first-order valence-corrected chi connectivity index (χ1v) is 10.1. The van der Waals surface area contributed by atoms with Gasteiger partial charge in [0.15, 0.2) is 11.5 Å². The molecule has 2 aromatic carbocycles. The summed E-state index contributed by atoms with van der Waals surface area (Å²) in [4.78, 5) is 12.8. The van der Waals surface area contributed by atoms with E-state index in [1.165, 1.54) is 0 Å². The third-order valence-corrected chi connectivity index (χ3v) is 5.00. The highest BCUT2D eigenvalue weighted by Gasteiger charge is 2.21. The lowest BCUT2D eigenvalue weighted by atomic mass is 10.2. The summed E-state index contributed by atoms with van der Waals surface area (Å²) in [6.45, 7) is 4.49. The fourth-order valence-corrected chi connectivity index (χ4v) is 3.12. The van der Waals surface area contributed by atoms with Gasteiger partial charge in [-0.1, -0.05) is 46.6 Å². The van der Waals surface area contributed by atoms with Crippen LogP contribution in [0.25, 0.3) is 0 Å². The van der Waals surface area contributed by atoms with Crippen molar-refractivity contribution in [1.82, 2.24) is 14.9 Å². The number of carbonyl (C=O) groups is 1. The lowest BCUT2D eigenvalue weighted by Crippen LogP contribution is -2.16. The van der Waals surface area contributed by atoms with E-state index in [4.69, 9.17) is 20.9 Å². The Morgan fingerprint density at radius 2 is 1.84 bits per heavy atom. The summed E-state index contributed by atoms with van der Waals surface area (Å²) in [5.41, 5.74) is 2.97. The van der Waals surface area contributed by atoms with E-state index in [-0.39, 0.29) is 12.3 Å². The van der Waals surface area contributed by atoms with Gasteiger partial charge < -0.3 is 14.6 Å². The molecular formula is C23H21ClN4O3. The number of hydrogen-bond donors (Lipinski definition) is 1. The number of anilines is 1. The second-order valence-corrected chi connectivity index (χ2v) is 7.58. The van der Waals surface area contributed by atoms with Crippen LogP contribution in [0.5, 0.6) is 5.75 Å². The number of halogens is 1. The standard InChI is InChI=1S/C23H21ClN4O3/c1-15-3-9-19(10-4-15)30-14-20-16(2)31-27-22(20)23(29)25-21-11-12-28(26-21)13-17-5-7-18(24)8-6-17/h3-12H,13-14H2,1-2H3,(H,25,26,29). The molecule has 0 saturated heterocycles. The smallest absolute Gasteiger partial charge is 0.279 e. The van der Waals surface area contributed by atoms with Crippen molar-refractivity contribution in [2.24, 2.45) is 0 Å². The summed E-state index contributed by atoms with van der Waals surface area (Å²) in [5, 5.41) is 11.7. The van der Waals surface area contributed by atoms with E-state index in [2.05, 4.69) is 15.6 Å². The van der Waals surface area contributed by atoms with Crippen LogP contribution in [0.2, 0.25) is 5.02 Å². The zero-order chi connectivity index (χ0) is 21.8. The van der Waals surface area contributed by atoms with Crippen LogP contribution in [-0.4, -0.2) is 20.8 Å². The second kappa shape index (κ2) is 9.06. The van der Waals surface area contributed by atoms with Gasteiger partial charge in [0.2, 0.25) is 0 Å². The number of nitrogens with one attached hydrogen (secondary N) is 1. The van der Waals surface area contributed by atoms with Gasteiger partial charge in [-0.05, 0) is 43.7 Å². The fourth-order valence-electron chi connectivity index (χ4n) is 3.00. The van der Waals surface area contributed by atoms with E-state index in [9.17, 15) is 4.79 Å². The number of rotatable bonds is 7. The minimum absolute atomic E-state index is 0.173. The van der Waals surface area contributed by atoms with Crippen LogP contribution in [0.4, 0.5) is 5.82 Å². The van der Waals surface area contributed by atoms with Crippen molar-refractivity contribution in [3.05, 3.63) is 94.0 Å². The van der Waals surface area contributed by atoms with Gasteiger partial charge in [0.05, 0.1) is 12.1 Å². The quantitative estimate of drug-likeness (QED) is 0.439. The van der Waals surface area contributed by atoms with Crippen LogP contribution in [0.15, 0.2) is 65.3 Å². The fraction of sp³-hybridized carbons (Fsp3) is 0.174. The Labute approximate surface area is 184 Å². The summed E-state index contributed by atoms with van der Waals surface area (Å²) in [6.07, 6.45) is 1.79. The molecule has 0 bridgehead atoms. The van der Waals surface area contributed by atoms with Crippen LogP contribution in [0, 0.1) is 13.8 Å². The number of ether oxygens (including phenoxy) is 1. The lowest BCUT2D eigenvalue weighted by Gasteiger charge is -2.07. The number of aromatic nitrogens is 3. The molecular weight excluding hydrogens is 416 g/mol. The molecule has 0 unspecified atom stereocenters. The zero-order valence-corrected chi connectivity index (χ0v) is 17.9. The highest BCUT2D eigenvalue weighted by Crippen LogP contribution is 2.19. The van der Waals surface area contributed by atoms with Crippen molar-refractivity contribution in [3.8, 4) is 5.75 Å². The molecule has 0 aliphatic rings. The van der Waals surface area contributed by atoms with Crippen molar-refractivity contribution >= 4 is 23.3 Å². The van der Waals surface area contributed by atoms with E-state index in [1.54, 1.807) is 23.9 Å². The SMILES string of the molecule is Cc1ccc(OCc2c(C(=O)Nc3ccn(Cc4ccc(Cl)cc4)n3)noc2C)cc1. The maximum absolute atomic E-state index is 12.8. The van der Waals surface area contributed by atoms with Crippen molar-refractivity contribution in [2.75, 3.05) is 5.32 Å². The Morgan fingerprint density at radius 3 is 2.58 bits per heavy atom. The highest BCUT2D eigenvalue weighted by atomic mass is 35.5. The van der Waals surface area contributed by atoms with Crippen LogP contribution in [0.1, 0.15) is 32.9 Å². The maximum atomic E-state index is 12.8. The van der Waals surface area contributed by atoms with Gasteiger partial charge in [-0.3, -0.25) is 9.48 Å². The number of benzene rings is 2. The number of hydrogen-bond acceptors (Lipinski definition) is 5. The minimum Gasteiger partial charge on any atom is -0.489 e. The molecule has 2 heterocycles. The van der Waals surface area contributed by atoms with Crippen LogP contribution < -0.4 is 10.1 Å². The number of amides is 1. The molecule has 158 valence electrons. The van der Waals surface area contributed by atoms with Crippen LogP contribution >= 0.6 is 11.6 Å². The summed E-state index contributed by atoms with van der Waals surface area (Å²) in [7, 11) is 0. The van der Waals surface area contributed by atoms with Gasteiger partial charge in [0.25, 0.3) is 5.91 Å². The van der Waals surface area contributed by atoms with Gasteiger partial charge in [0.1, 0.15) is 18.1 Å². The zero-order valence-electron chi connectivity index (χ0n) is 17.1. The molecule has 8 heteroatoms. The number of carbonyl (C=O) groups excluding carboxylic acids is 1. The lowest BCUT2D eigenvalue weighted by molar-refractivity contribution is 0.101. The molecule has 0 atom stereocenters. The van der Waals surface area contributed by atoms with Crippen molar-refractivity contribution in [1.29, 1.82) is 0 Å². The third kappa shape index (κ3) is 5.13. The predicted molar refractivity (Wildman–Crippen MR) is 117 cm³/mol. The Hall–Kier alpha value is -3.58. The van der Waals surface area contributed by atoms with Crippen molar-refractivity contribution < 1.29 is 14.1 Å². The second-order valence-electron chi connectivity index (χ2n) is 7.15. The molecule has 2 aromatic heterocycles. The van der Waals surface area contributed by atoms with Crippen molar-refractivity contribution in [2.45, 2.75) is 27.0 Å². The molecule has 0 radical (unpaired) electrons. The monoisotopic (exact) mass is 436 g/mol. The van der Waals surface area contributed by atoms with E-state index in [0.29, 0.717) is 34.5 Å². The Balaban J connectivity index is 1.41. The first-order valence-electron chi connectivity index (χ1n) is 9.72.